The number of rotatable bonds is 7. The molecule has 1 aliphatic rings. The fourth-order valence-electron chi connectivity index (χ4n) is 2.00. The van der Waals surface area contributed by atoms with Crippen LogP contribution in [0.4, 0.5) is 0 Å². The van der Waals surface area contributed by atoms with E-state index in [0.29, 0.717) is 6.54 Å². The van der Waals surface area contributed by atoms with Crippen molar-refractivity contribution in [3.63, 3.8) is 0 Å². The number of carbonyl (C=O) groups excluding carboxylic acids is 1. The zero-order valence-corrected chi connectivity index (χ0v) is 10.8. The minimum absolute atomic E-state index is 0.0440. The molecule has 0 radical (unpaired) electrons. The van der Waals surface area contributed by atoms with Crippen molar-refractivity contribution in [2.24, 2.45) is 0 Å². The second-order valence-electron chi connectivity index (χ2n) is 4.57. The summed E-state index contributed by atoms with van der Waals surface area (Å²) in [5.74, 6) is 0.0440. The summed E-state index contributed by atoms with van der Waals surface area (Å²) in [6.07, 6.45) is 10.2. The molecule has 0 aliphatic heterocycles. The van der Waals surface area contributed by atoms with Crippen LogP contribution in [0.25, 0.3) is 0 Å². The monoisotopic (exact) mass is 236 g/mol. The summed E-state index contributed by atoms with van der Waals surface area (Å²) >= 11 is 0. The Bertz CT molecular complexity index is 284. The van der Waals surface area contributed by atoms with E-state index in [2.05, 4.69) is 23.3 Å². The van der Waals surface area contributed by atoms with Crippen LogP contribution in [0, 0.1) is 0 Å². The Balaban J connectivity index is 2.14. The molecule has 0 saturated carbocycles. The summed E-state index contributed by atoms with van der Waals surface area (Å²) in [5, 5.41) is 6.04. The lowest BCUT2D eigenvalue weighted by Crippen LogP contribution is -2.42. The van der Waals surface area contributed by atoms with Gasteiger partial charge in [0.1, 0.15) is 0 Å². The summed E-state index contributed by atoms with van der Waals surface area (Å²) < 4.78 is 0. The molecule has 17 heavy (non-hydrogen) atoms. The number of hydrogen-bond donors (Lipinski definition) is 2. The first-order valence-electron chi connectivity index (χ1n) is 6.54. The molecular weight excluding hydrogens is 212 g/mol. The van der Waals surface area contributed by atoms with Crippen molar-refractivity contribution < 1.29 is 4.79 Å². The highest BCUT2D eigenvalue weighted by Crippen LogP contribution is 2.19. The topological polar surface area (TPSA) is 41.1 Å². The molecule has 0 aromatic rings. The molecule has 0 saturated heterocycles. The van der Waals surface area contributed by atoms with Crippen LogP contribution in [-0.4, -0.2) is 25.0 Å². The Labute approximate surface area is 104 Å². The standard InChI is InChI=1S/C14H24N2O/c1-3-10-16-14(17)12(2)15-11-9-13-7-5-4-6-8-13/h3,7,12,15H,1,4-6,8-11H2,2H3,(H,16,17). The van der Waals surface area contributed by atoms with Gasteiger partial charge in [-0.25, -0.2) is 0 Å². The average molecular weight is 236 g/mol. The molecule has 0 aromatic heterocycles. The van der Waals surface area contributed by atoms with Crippen LogP contribution in [0.1, 0.15) is 39.0 Å². The molecule has 96 valence electrons. The second kappa shape index (κ2) is 8.07. The minimum atomic E-state index is -0.126. The van der Waals surface area contributed by atoms with Crippen LogP contribution in [0.5, 0.6) is 0 Å². The van der Waals surface area contributed by atoms with Crippen LogP contribution in [0.15, 0.2) is 24.3 Å². The van der Waals surface area contributed by atoms with Gasteiger partial charge >= 0.3 is 0 Å². The Morgan fingerprint density at radius 3 is 3.06 bits per heavy atom. The van der Waals surface area contributed by atoms with Gasteiger partial charge in [0.05, 0.1) is 6.04 Å². The van der Waals surface area contributed by atoms with E-state index in [0.717, 1.165) is 13.0 Å². The van der Waals surface area contributed by atoms with E-state index < -0.39 is 0 Å². The van der Waals surface area contributed by atoms with E-state index in [9.17, 15) is 4.79 Å². The van der Waals surface area contributed by atoms with Gasteiger partial charge in [0.25, 0.3) is 0 Å². The predicted molar refractivity (Wildman–Crippen MR) is 71.8 cm³/mol. The van der Waals surface area contributed by atoms with E-state index in [1.54, 1.807) is 11.6 Å². The quantitative estimate of drug-likeness (QED) is 0.665. The average Bonchev–Trinajstić information content (AvgIpc) is 2.37. The van der Waals surface area contributed by atoms with E-state index in [1.807, 2.05) is 6.92 Å². The van der Waals surface area contributed by atoms with E-state index in [1.165, 1.54) is 25.7 Å². The lowest BCUT2D eigenvalue weighted by Gasteiger charge is -2.16. The van der Waals surface area contributed by atoms with Crippen molar-refractivity contribution >= 4 is 5.91 Å². The van der Waals surface area contributed by atoms with Gasteiger partial charge < -0.3 is 10.6 Å². The number of carbonyl (C=O) groups is 1. The highest BCUT2D eigenvalue weighted by molar-refractivity contribution is 5.81. The molecule has 1 aliphatic carbocycles. The molecule has 3 heteroatoms. The second-order valence-corrected chi connectivity index (χ2v) is 4.57. The maximum atomic E-state index is 11.5. The first kappa shape index (κ1) is 14.0. The molecule has 3 nitrogen and oxygen atoms in total. The van der Waals surface area contributed by atoms with Crippen molar-refractivity contribution in [2.75, 3.05) is 13.1 Å². The Morgan fingerprint density at radius 1 is 1.59 bits per heavy atom. The van der Waals surface area contributed by atoms with E-state index in [4.69, 9.17) is 0 Å². The lowest BCUT2D eigenvalue weighted by molar-refractivity contribution is -0.122. The van der Waals surface area contributed by atoms with Gasteiger partial charge in [-0.2, -0.15) is 0 Å². The van der Waals surface area contributed by atoms with Crippen molar-refractivity contribution in [2.45, 2.75) is 45.1 Å². The van der Waals surface area contributed by atoms with Gasteiger partial charge in [-0.3, -0.25) is 4.79 Å². The molecule has 2 N–H and O–H groups in total. The summed E-state index contributed by atoms with van der Waals surface area (Å²) in [7, 11) is 0. The molecule has 0 fully saturated rings. The van der Waals surface area contributed by atoms with Crippen molar-refractivity contribution in [3.05, 3.63) is 24.3 Å². The van der Waals surface area contributed by atoms with Gasteiger partial charge in [0.2, 0.25) is 5.91 Å². The third-order valence-corrected chi connectivity index (χ3v) is 3.10. The van der Waals surface area contributed by atoms with E-state index >= 15 is 0 Å². The maximum absolute atomic E-state index is 11.5. The summed E-state index contributed by atoms with van der Waals surface area (Å²) in [4.78, 5) is 11.5. The molecule has 0 bridgehead atoms. The van der Waals surface area contributed by atoms with Gasteiger partial charge in [-0.15, -0.1) is 6.58 Å². The fraction of sp³-hybridized carbons (Fsp3) is 0.643. The van der Waals surface area contributed by atoms with Gasteiger partial charge in [-0.05, 0) is 45.6 Å². The number of amides is 1. The Morgan fingerprint density at radius 2 is 2.41 bits per heavy atom. The van der Waals surface area contributed by atoms with Crippen molar-refractivity contribution in [1.29, 1.82) is 0 Å². The molecular formula is C14H24N2O. The third kappa shape index (κ3) is 5.68. The molecule has 0 aromatic carbocycles. The zero-order chi connectivity index (χ0) is 12.5. The van der Waals surface area contributed by atoms with Crippen molar-refractivity contribution in [3.8, 4) is 0 Å². The van der Waals surface area contributed by atoms with Crippen LogP contribution in [0.3, 0.4) is 0 Å². The highest BCUT2D eigenvalue weighted by Gasteiger charge is 2.11. The third-order valence-electron chi connectivity index (χ3n) is 3.10. The van der Waals surface area contributed by atoms with Gasteiger partial charge in [0, 0.05) is 6.54 Å². The summed E-state index contributed by atoms with van der Waals surface area (Å²) in [6.45, 7) is 6.89. The van der Waals surface area contributed by atoms with Crippen LogP contribution >= 0.6 is 0 Å². The van der Waals surface area contributed by atoms with Crippen LogP contribution < -0.4 is 10.6 Å². The minimum Gasteiger partial charge on any atom is -0.351 e. The number of allylic oxidation sites excluding steroid dienone is 1. The molecule has 1 atom stereocenters. The van der Waals surface area contributed by atoms with Gasteiger partial charge in [0.15, 0.2) is 0 Å². The van der Waals surface area contributed by atoms with Crippen molar-refractivity contribution in [1.82, 2.24) is 10.6 Å². The van der Waals surface area contributed by atoms with Crippen LogP contribution in [0.2, 0.25) is 0 Å². The maximum Gasteiger partial charge on any atom is 0.237 e. The predicted octanol–water partition coefficient (Wildman–Crippen LogP) is 2.16. The van der Waals surface area contributed by atoms with Gasteiger partial charge in [-0.1, -0.05) is 17.7 Å². The molecule has 1 unspecified atom stereocenters. The molecule has 0 spiro atoms. The number of hydrogen-bond acceptors (Lipinski definition) is 2. The first-order chi connectivity index (χ1) is 8.24. The highest BCUT2D eigenvalue weighted by atomic mass is 16.2. The molecule has 1 rings (SSSR count). The van der Waals surface area contributed by atoms with Crippen LogP contribution in [-0.2, 0) is 4.79 Å². The van der Waals surface area contributed by atoms with E-state index in [-0.39, 0.29) is 11.9 Å². The molecule has 1 amide bonds. The largest absolute Gasteiger partial charge is 0.351 e. The SMILES string of the molecule is C=CCNC(=O)C(C)NCCC1=CCCCC1. The fourth-order valence-corrected chi connectivity index (χ4v) is 2.00. The molecule has 0 heterocycles. The Hall–Kier alpha value is -1.09. The summed E-state index contributed by atoms with van der Waals surface area (Å²) in [6, 6.07) is -0.126. The smallest absolute Gasteiger partial charge is 0.237 e. The normalized spacial score (nSPS) is 17.1. The Kier molecular flexibility index (Phi) is 6.63. The number of nitrogens with one attached hydrogen (secondary N) is 2. The lowest BCUT2D eigenvalue weighted by atomic mass is 9.97. The summed E-state index contributed by atoms with van der Waals surface area (Å²) in [5.41, 5.74) is 1.54. The first-order valence-corrected chi connectivity index (χ1v) is 6.54. The zero-order valence-electron chi connectivity index (χ0n) is 10.8.